The van der Waals surface area contributed by atoms with Gasteiger partial charge in [0.2, 0.25) is 0 Å². The number of halogens is 1. The van der Waals surface area contributed by atoms with Crippen LogP contribution >= 0.6 is 0 Å². The smallest absolute Gasteiger partial charge is 0.339 e. The number of carbonyl (C=O) groups excluding carboxylic acids is 1. The Labute approximate surface area is 109 Å². The second-order valence-electron chi connectivity index (χ2n) is 3.92. The summed E-state index contributed by atoms with van der Waals surface area (Å²) in [6.45, 7) is 0.335. The van der Waals surface area contributed by atoms with E-state index >= 15 is 0 Å². The fraction of sp³-hybridized carbons (Fsp3) is 0.250. The first kappa shape index (κ1) is 13.0. The van der Waals surface area contributed by atoms with Crippen molar-refractivity contribution in [3.05, 3.63) is 41.5 Å². The summed E-state index contributed by atoms with van der Waals surface area (Å²) < 4.78 is 19.4. The highest BCUT2D eigenvalue weighted by Crippen LogP contribution is 2.18. The zero-order chi connectivity index (χ0) is 13.8. The van der Waals surface area contributed by atoms with Gasteiger partial charge in [-0.2, -0.15) is 0 Å². The Balaban J connectivity index is 2.18. The van der Waals surface area contributed by atoms with Gasteiger partial charge in [0.25, 0.3) is 0 Å². The van der Waals surface area contributed by atoms with Crippen molar-refractivity contribution in [1.82, 2.24) is 15.0 Å². The first-order chi connectivity index (χ1) is 9.10. The van der Waals surface area contributed by atoms with Crippen molar-refractivity contribution < 1.29 is 13.9 Å². The maximum absolute atomic E-state index is 13.2. The lowest BCUT2D eigenvalue weighted by Crippen LogP contribution is -2.09. The quantitative estimate of drug-likeness (QED) is 0.844. The average molecular weight is 264 g/mol. The van der Waals surface area contributed by atoms with Crippen molar-refractivity contribution in [2.45, 2.75) is 6.54 Å². The zero-order valence-electron chi connectivity index (χ0n) is 10.6. The molecule has 100 valence electrons. The van der Waals surface area contributed by atoms with E-state index in [1.807, 2.05) is 0 Å². The Morgan fingerprint density at radius 3 is 2.95 bits per heavy atom. The van der Waals surface area contributed by atoms with Gasteiger partial charge in [-0.15, -0.1) is 5.10 Å². The molecule has 6 nitrogen and oxygen atoms in total. The van der Waals surface area contributed by atoms with Crippen LogP contribution in [0.1, 0.15) is 16.1 Å². The first-order valence-electron chi connectivity index (χ1n) is 5.57. The van der Waals surface area contributed by atoms with Crippen molar-refractivity contribution in [3.63, 3.8) is 0 Å². The maximum Gasteiger partial charge on any atom is 0.339 e. The number of hydrogen-bond donors (Lipinski definition) is 1. The molecule has 0 aliphatic heterocycles. The molecule has 1 N–H and O–H groups in total. The van der Waals surface area contributed by atoms with Gasteiger partial charge in [0, 0.05) is 13.2 Å². The Morgan fingerprint density at radius 2 is 2.32 bits per heavy atom. The third kappa shape index (κ3) is 3.06. The largest absolute Gasteiger partial charge is 0.465 e. The molecule has 0 amide bonds. The van der Waals surface area contributed by atoms with E-state index in [1.165, 1.54) is 25.3 Å². The molecule has 0 atom stereocenters. The first-order valence-corrected chi connectivity index (χ1v) is 5.57. The number of aryl methyl sites for hydroxylation is 1. The van der Waals surface area contributed by atoms with Crippen molar-refractivity contribution in [1.29, 1.82) is 0 Å². The summed E-state index contributed by atoms with van der Waals surface area (Å²) in [5.74, 6) is -0.962. The van der Waals surface area contributed by atoms with Gasteiger partial charge in [-0.3, -0.25) is 4.68 Å². The standard InChI is InChI=1S/C12H13FN4O2/c1-17-7-9(15-16-17)6-14-11-5-8(13)3-4-10(11)12(18)19-2/h3-5,7,14H,6H2,1-2H3. The fourth-order valence-electron chi connectivity index (χ4n) is 1.61. The van der Waals surface area contributed by atoms with E-state index in [9.17, 15) is 9.18 Å². The maximum atomic E-state index is 13.2. The predicted molar refractivity (Wildman–Crippen MR) is 66.1 cm³/mol. The zero-order valence-corrected chi connectivity index (χ0v) is 10.6. The minimum absolute atomic E-state index is 0.271. The van der Waals surface area contributed by atoms with Crippen LogP contribution in [0.15, 0.2) is 24.4 Å². The van der Waals surface area contributed by atoms with Crippen LogP contribution in [0, 0.1) is 5.82 Å². The summed E-state index contributed by atoms with van der Waals surface area (Å²) >= 11 is 0. The summed E-state index contributed by atoms with van der Waals surface area (Å²) in [6, 6.07) is 3.82. The molecular formula is C12H13FN4O2. The molecule has 0 aliphatic rings. The summed E-state index contributed by atoms with van der Waals surface area (Å²) in [5, 5.41) is 10.6. The lowest BCUT2D eigenvalue weighted by Gasteiger charge is -2.09. The number of hydrogen-bond acceptors (Lipinski definition) is 5. The van der Waals surface area contributed by atoms with Gasteiger partial charge >= 0.3 is 5.97 Å². The third-order valence-electron chi connectivity index (χ3n) is 2.50. The van der Waals surface area contributed by atoms with Gasteiger partial charge in [0.15, 0.2) is 0 Å². The Hall–Kier alpha value is -2.44. The minimum Gasteiger partial charge on any atom is -0.465 e. The van der Waals surface area contributed by atoms with Gasteiger partial charge < -0.3 is 10.1 Å². The molecule has 2 rings (SSSR count). The van der Waals surface area contributed by atoms with Crippen LogP contribution in [0.5, 0.6) is 0 Å². The summed E-state index contributed by atoms with van der Waals surface area (Å²) in [7, 11) is 3.02. The molecule has 0 radical (unpaired) electrons. The average Bonchev–Trinajstić information content (AvgIpc) is 2.81. The van der Waals surface area contributed by atoms with Crippen LogP contribution in [0.3, 0.4) is 0 Å². The van der Waals surface area contributed by atoms with E-state index in [0.717, 1.165) is 0 Å². The van der Waals surface area contributed by atoms with E-state index in [-0.39, 0.29) is 5.56 Å². The molecule has 0 aliphatic carbocycles. The molecular weight excluding hydrogens is 251 g/mol. The molecule has 1 aromatic carbocycles. The molecule has 2 aromatic rings. The van der Waals surface area contributed by atoms with E-state index in [2.05, 4.69) is 20.4 Å². The Kier molecular flexibility index (Phi) is 3.74. The molecule has 19 heavy (non-hydrogen) atoms. The molecule has 7 heteroatoms. The summed E-state index contributed by atoms with van der Waals surface area (Å²) in [6.07, 6.45) is 1.73. The van der Waals surface area contributed by atoms with Gasteiger partial charge in [0.05, 0.1) is 24.9 Å². The second-order valence-corrected chi connectivity index (χ2v) is 3.92. The van der Waals surface area contributed by atoms with Crippen LogP contribution in [-0.4, -0.2) is 28.1 Å². The number of rotatable bonds is 4. The third-order valence-corrected chi connectivity index (χ3v) is 2.50. The predicted octanol–water partition coefficient (Wildman–Crippen LogP) is 1.35. The highest BCUT2D eigenvalue weighted by molar-refractivity contribution is 5.95. The lowest BCUT2D eigenvalue weighted by atomic mass is 10.1. The lowest BCUT2D eigenvalue weighted by molar-refractivity contribution is 0.0602. The Morgan fingerprint density at radius 1 is 1.53 bits per heavy atom. The second kappa shape index (κ2) is 5.47. The molecule has 1 aromatic heterocycles. The number of aromatic nitrogens is 3. The number of ether oxygens (including phenoxy) is 1. The van der Waals surface area contributed by atoms with E-state index in [1.54, 1.807) is 17.9 Å². The number of anilines is 1. The summed E-state index contributed by atoms with van der Waals surface area (Å²) in [5.41, 5.74) is 1.31. The van der Waals surface area contributed by atoms with Crippen molar-refractivity contribution >= 4 is 11.7 Å². The normalized spacial score (nSPS) is 10.3. The topological polar surface area (TPSA) is 69.0 Å². The molecule has 0 bridgehead atoms. The number of methoxy groups -OCH3 is 1. The molecule has 0 unspecified atom stereocenters. The number of nitrogens with one attached hydrogen (secondary N) is 1. The van der Waals surface area contributed by atoms with Crippen LogP contribution in [0.25, 0.3) is 0 Å². The Bertz CT molecular complexity index is 597. The highest BCUT2D eigenvalue weighted by atomic mass is 19.1. The van der Waals surface area contributed by atoms with Crippen LogP contribution in [-0.2, 0) is 18.3 Å². The number of carbonyl (C=O) groups is 1. The van der Waals surface area contributed by atoms with Gasteiger partial charge in [-0.1, -0.05) is 5.21 Å². The van der Waals surface area contributed by atoms with Gasteiger partial charge in [0.1, 0.15) is 11.5 Å². The van der Waals surface area contributed by atoms with Crippen molar-refractivity contribution in [2.75, 3.05) is 12.4 Å². The number of nitrogens with zero attached hydrogens (tertiary/aromatic N) is 3. The van der Waals surface area contributed by atoms with Crippen LogP contribution < -0.4 is 5.32 Å². The number of benzene rings is 1. The van der Waals surface area contributed by atoms with Crippen LogP contribution in [0.2, 0.25) is 0 Å². The molecule has 0 fully saturated rings. The van der Waals surface area contributed by atoms with E-state index < -0.39 is 11.8 Å². The SMILES string of the molecule is COC(=O)c1ccc(F)cc1NCc1cn(C)nn1. The summed E-state index contributed by atoms with van der Waals surface area (Å²) in [4.78, 5) is 11.5. The molecule has 1 heterocycles. The number of esters is 1. The van der Waals surface area contributed by atoms with E-state index in [4.69, 9.17) is 0 Å². The van der Waals surface area contributed by atoms with Crippen molar-refractivity contribution in [2.24, 2.45) is 7.05 Å². The van der Waals surface area contributed by atoms with Gasteiger partial charge in [-0.05, 0) is 18.2 Å². The monoisotopic (exact) mass is 264 g/mol. The fourth-order valence-corrected chi connectivity index (χ4v) is 1.61. The molecule has 0 spiro atoms. The molecule has 0 saturated heterocycles. The minimum atomic E-state index is -0.526. The van der Waals surface area contributed by atoms with Gasteiger partial charge in [-0.25, -0.2) is 9.18 Å². The van der Waals surface area contributed by atoms with Crippen LogP contribution in [0.4, 0.5) is 10.1 Å². The van der Waals surface area contributed by atoms with Crippen molar-refractivity contribution in [3.8, 4) is 0 Å². The highest BCUT2D eigenvalue weighted by Gasteiger charge is 2.12. The van der Waals surface area contributed by atoms with E-state index in [0.29, 0.717) is 17.9 Å². The molecule has 0 saturated carbocycles.